The van der Waals surface area contributed by atoms with Crippen LogP contribution in [0.4, 0.5) is 0 Å². The second-order valence-corrected chi connectivity index (χ2v) is 4.22. The van der Waals surface area contributed by atoms with Crippen molar-refractivity contribution in [2.24, 2.45) is 5.92 Å². The summed E-state index contributed by atoms with van der Waals surface area (Å²) >= 11 is 3.34. The summed E-state index contributed by atoms with van der Waals surface area (Å²) in [6.45, 7) is 0.268. The topological polar surface area (TPSA) is 46.5 Å². The standard InChI is InChI=1S/C10H9BrO3/c11-8-1-2-9-6(4-8)3-7(5-14-9)10(12)13/h1-2,4,7H,3,5H2,(H,12,13)/t7-/m1/s1. The molecule has 0 saturated carbocycles. The van der Waals surface area contributed by atoms with E-state index in [0.717, 1.165) is 15.8 Å². The van der Waals surface area contributed by atoms with E-state index >= 15 is 0 Å². The summed E-state index contributed by atoms with van der Waals surface area (Å²) in [5.41, 5.74) is 0.957. The van der Waals surface area contributed by atoms with Gasteiger partial charge in [-0.1, -0.05) is 15.9 Å². The number of aliphatic carboxylic acids is 1. The van der Waals surface area contributed by atoms with E-state index in [0.29, 0.717) is 6.42 Å². The Morgan fingerprint density at radius 1 is 1.57 bits per heavy atom. The zero-order valence-corrected chi connectivity index (χ0v) is 8.95. The summed E-state index contributed by atoms with van der Waals surface area (Å²) in [4.78, 5) is 10.8. The Kier molecular flexibility index (Phi) is 2.46. The van der Waals surface area contributed by atoms with Gasteiger partial charge in [0.25, 0.3) is 0 Å². The molecule has 4 heteroatoms. The first-order valence-electron chi connectivity index (χ1n) is 4.31. The number of halogens is 1. The molecule has 3 nitrogen and oxygen atoms in total. The second-order valence-electron chi connectivity index (χ2n) is 3.30. The molecule has 0 unspecified atom stereocenters. The highest BCUT2D eigenvalue weighted by Crippen LogP contribution is 2.29. The van der Waals surface area contributed by atoms with E-state index in [2.05, 4.69) is 15.9 Å². The fourth-order valence-electron chi connectivity index (χ4n) is 1.52. The Hall–Kier alpha value is -1.03. The van der Waals surface area contributed by atoms with Crippen molar-refractivity contribution in [3.8, 4) is 5.75 Å². The predicted molar refractivity (Wildman–Crippen MR) is 54.5 cm³/mol. The van der Waals surface area contributed by atoms with Gasteiger partial charge in [0, 0.05) is 4.47 Å². The molecule has 1 aromatic rings. The van der Waals surface area contributed by atoms with Gasteiger partial charge in [0.05, 0.1) is 5.92 Å². The Balaban J connectivity index is 2.29. The van der Waals surface area contributed by atoms with Crippen molar-refractivity contribution in [2.75, 3.05) is 6.61 Å². The van der Waals surface area contributed by atoms with Gasteiger partial charge in [-0.3, -0.25) is 4.79 Å². The molecule has 1 aromatic carbocycles. The van der Waals surface area contributed by atoms with Crippen LogP contribution in [0.1, 0.15) is 5.56 Å². The number of benzene rings is 1. The molecule has 0 fully saturated rings. The van der Waals surface area contributed by atoms with E-state index in [4.69, 9.17) is 9.84 Å². The minimum atomic E-state index is -0.796. The van der Waals surface area contributed by atoms with Gasteiger partial charge in [-0.15, -0.1) is 0 Å². The average Bonchev–Trinajstić information content (AvgIpc) is 2.16. The van der Waals surface area contributed by atoms with Crippen molar-refractivity contribution >= 4 is 21.9 Å². The summed E-state index contributed by atoms with van der Waals surface area (Å²) in [5, 5.41) is 8.84. The van der Waals surface area contributed by atoms with Crippen molar-refractivity contribution in [2.45, 2.75) is 6.42 Å². The molecule has 0 spiro atoms. The smallest absolute Gasteiger partial charge is 0.310 e. The molecular formula is C10H9BrO3. The van der Waals surface area contributed by atoms with Gasteiger partial charge in [-0.05, 0) is 30.2 Å². The van der Waals surface area contributed by atoms with Crippen LogP contribution in [0, 0.1) is 5.92 Å². The quantitative estimate of drug-likeness (QED) is 0.837. The third-order valence-corrected chi connectivity index (χ3v) is 2.77. The van der Waals surface area contributed by atoms with Crippen molar-refractivity contribution in [3.05, 3.63) is 28.2 Å². The lowest BCUT2D eigenvalue weighted by Crippen LogP contribution is -2.27. The maximum Gasteiger partial charge on any atom is 0.310 e. The average molecular weight is 257 g/mol. The lowest BCUT2D eigenvalue weighted by atomic mass is 9.97. The zero-order valence-electron chi connectivity index (χ0n) is 7.37. The third-order valence-electron chi connectivity index (χ3n) is 2.28. The Labute approximate surface area is 89.8 Å². The van der Waals surface area contributed by atoms with Crippen LogP contribution in [0.15, 0.2) is 22.7 Å². The number of hydrogen-bond donors (Lipinski definition) is 1. The Morgan fingerprint density at radius 2 is 2.36 bits per heavy atom. The van der Waals surface area contributed by atoms with Crippen LogP contribution in [-0.4, -0.2) is 17.7 Å². The highest BCUT2D eigenvalue weighted by Gasteiger charge is 2.25. The van der Waals surface area contributed by atoms with Gasteiger partial charge < -0.3 is 9.84 Å². The first kappa shape index (κ1) is 9.52. The predicted octanol–water partition coefficient (Wildman–Crippen LogP) is 2.08. The molecule has 0 amide bonds. The number of hydrogen-bond acceptors (Lipinski definition) is 2. The van der Waals surface area contributed by atoms with E-state index in [-0.39, 0.29) is 6.61 Å². The van der Waals surface area contributed by atoms with Gasteiger partial charge in [-0.2, -0.15) is 0 Å². The molecule has 0 saturated heterocycles. The lowest BCUT2D eigenvalue weighted by molar-refractivity contribution is -0.143. The molecule has 0 radical (unpaired) electrons. The van der Waals surface area contributed by atoms with Crippen LogP contribution in [0.25, 0.3) is 0 Å². The molecule has 14 heavy (non-hydrogen) atoms. The number of ether oxygens (including phenoxy) is 1. The molecule has 2 rings (SSSR count). The van der Waals surface area contributed by atoms with Crippen LogP contribution >= 0.6 is 15.9 Å². The van der Waals surface area contributed by atoms with Gasteiger partial charge in [0.2, 0.25) is 0 Å². The van der Waals surface area contributed by atoms with Crippen LogP contribution in [0.2, 0.25) is 0 Å². The monoisotopic (exact) mass is 256 g/mol. The van der Waals surface area contributed by atoms with Gasteiger partial charge >= 0.3 is 5.97 Å². The van der Waals surface area contributed by atoms with Crippen LogP contribution in [0.5, 0.6) is 5.75 Å². The fraction of sp³-hybridized carbons (Fsp3) is 0.300. The molecule has 1 atom stereocenters. The van der Waals surface area contributed by atoms with Crippen LogP contribution < -0.4 is 4.74 Å². The van der Waals surface area contributed by atoms with E-state index in [9.17, 15) is 4.79 Å². The molecule has 1 heterocycles. The maximum atomic E-state index is 10.8. The van der Waals surface area contributed by atoms with Gasteiger partial charge in [0.1, 0.15) is 12.4 Å². The summed E-state index contributed by atoms with van der Waals surface area (Å²) in [5.74, 6) is -0.418. The number of carboxylic acid groups (broad SMARTS) is 1. The van der Waals surface area contributed by atoms with E-state index in [1.807, 2.05) is 18.2 Å². The maximum absolute atomic E-state index is 10.8. The first-order valence-corrected chi connectivity index (χ1v) is 5.10. The summed E-state index contributed by atoms with van der Waals surface area (Å²) < 4.78 is 6.30. The third kappa shape index (κ3) is 1.75. The van der Waals surface area contributed by atoms with Crippen molar-refractivity contribution in [3.63, 3.8) is 0 Å². The van der Waals surface area contributed by atoms with Gasteiger partial charge in [-0.25, -0.2) is 0 Å². The fourth-order valence-corrected chi connectivity index (χ4v) is 1.93. The SMILES string of the molecule is O=C(O)[C@H]1COc2ccc(Br)cc2C1. The normalized spacial score (nSPS) is 19.6. The number of carboxylic acids is 1. The molecule has 0 aromatic heterocycles. The Bertz CT molecular complexity index is 376. The van der Waals surface area contributed by atoms with Crippen LogP contribution in [-0.2, 0) is 11.2 Å². The molecule has 1 aliphatic heterocycles. The highest BCUT2D eigenvalue weighted by atomic mass is 79.9. The van der Waals surface area contributed by atoms with Gasteiger partial charge in [0.15, 0.2) is 0 Å². The minimum Gasteiger partial charge on any atom is -0.492 e. The molecule has 1 N–H and O–H groups in total. The molecule has 0 aliphatic carbocycles. The first-order chi connectivity index (χ1) is 6.66. The zero-order chi connectivity index (χ0) is 10.1. The number of carbonyl (C=O) groups is 1. The summed E-state index contributed by atoms with van der Waals surface area (Å²) in [7, 11) is 0. The van der Waals surface area contributed by atoms with Crippen molar-refractivity contribution < 1.29 is 14.6 Å². The summed E-state index contributed by atoms with van der Waals surface area (Å²) in [6.07, 6.45) is 0.546. The molecule has 1 aliphatic rings. The molecule has 74 valence electrons. The number of rotatable bonds is 1. The highest BCUT2D eigenvalue weighted by molar-refractivity contribution is 9.10. The van der Waals surface area contributed by atoms with Crippen LogP contribution in [0.3, 0.4) is 0 Å². The molecule has 0 bridgehead atoms. The number of fused-ring (bicyclic) bond motifs is 1. The van der Waals surface area contributed by atoms with Crippen molar-refractivity contribution in [1.82, 2.24) is 0 Å². The second kappa shape index (κ2) is 3.61. The van der Waals surface area contributed by atoms with E-state index in [1.54, 1.807) is 0 Å². The largest absolute Gasteiger partial charge is 0.492 e. The van der Waals surface area contributed by atoms with E-state index < -0.39 is 11.9 Å². The summed E-state index contributed by atoms with van der Waals surface area (Å²) in [6, 6.07) is 5.65. The minimum absolute atomic E-state index is 0.268. The van der Waals surface area contributed by atoms with E-state index in [1.165, 1.54) is 0 Å². The molecular weight excluding hydrogens is 248 g/mol. The lowest BCUT2D eigenvalue weighted by Gasteiger charge is -2.22. The Morgan fingerprint density at radius 3 is 3.07 bits per heavy atom. The van der Waals surface area contributed by atoms with Crippen molar-refractivity contribution in [1.29, 1.82) is 0 Å².